The van der Waals surface area contributed by atoms with Gasteiger partial charge in [0.25, 0.3) is 0 Å². The molecule has 0 amide bonds. The Bertz CT molecular complexity index is 372. The zero-order valence-electron chi connectivity index (χ0n) is 7.12. The van der Waals surface area contributed by atoms with Crippen molar-refractivity contribution in [3.8, 4) is 0 Å². The van der Waals surface area contributed by atoms with E-state index in [9.17, 15) is 8.42 Å². The van der Waals surface area contributed by atoms with Crippen molar-refractivity contribution in [3.05, 3.63) is 27.8 Å². The van der Waals surface area contributed by atoms with Crippen LogP contribution >= 0.6 is 22.6 Å². The molecule has 0 atom stereocenters. The van der Waals surface area contributed by atoms with Gasteiger partial charge in [-0.3, -0.25) is 0 Å². The van der Waals surface area contributed by atoms with Crippen LogP contribution in [0.5, 0.6) is 0 Å². The van der Waals surface area contributed by atoms with Crippen LogP contribution in [0, 0.1) is 3.57 Å². The molecule has 0 aromatic heterocycles. The van der Waals surface area contributed by atoms with Gasteiger partial charge in [-0.1, -0.05) is 0 Å². The lowest BCUT2D eigenvalue weighted by molar-refractivity contribution is 0.591. The van der Waals surface area contributed by atoms with Crippen LogP contribution in [-0.2, 0) is 9.84 Å². The zero-order chi connectivity index (χ0) is 9.90. The molecule has 0 aliphatic heterocycles. The maximum atomic E-state index is 11.5. The number of hydrogen-bond donors (Lipinski definition) is 1. The Kier molecular flexibility index (Phi) is 3.69. The van der Waals surface area contributed by atoms with Gasteiger partial charge in [-0.2, -0.15) is 0 Å². The van der Waals surface area contributed by atoms with Crippen molar-refractivity contribution >= 4 is 32.4 Å². The summed E-state index contributed by atoms with van der Waals surface area (Å²) in [4.78, 5) is 0.363. The average molecular weight is 311 g/mol. The average Bonchev–Trinajstić information content (AvgIpc) is 2.05. The fraction of sp³-hybridized carbons (Fsp3) is 0.250. The van der Waals surface area contributed by atoms with E-state index in [1.807, 2.05) is 0 Å². The summed E-state index contributed by atoms with van der Waals surface area (Å²) in [6, 6.07) is 6.80. The second-order valence-electron chi connectivity index (χ2n) is 2.57. The van der Waals surface area contributed by atoms with Crippen molar-refractivity contribution < 1.29 is 8.42 Å². The van der Waals surface area contributed by atoms with Crippen LogP contribution in [-0.4, -0.2) is 21.3 Å². The van der Waals surface area contributed by atoms with E-state index < -0.39 is 9.84 Å². The van der Waals surface area contributed by atoms with E-state index in [-0.39, 0.29) is 5.88 Å². The van der Waals surface area contributed by atoms with E-state index in [0.29, 0.717) is 4.90 Å². The van der Waals surface area contributed by atoms with E-state index in [1.165, 1.54) is 0 Å². The van der Waals surface area contributed by atoms with Crippen LogP contribution < -0.4 is 5.32 Å². The maximum absolute atomic E-state index is 11.5. The number of halogens is 1. The van der Waals surface area contributed by atoms with Crippen LogP contribution in [0.3, 0.4) is 0 Å². The third-order valence-electron chi connectivity index (χ3n) is 1.51. The highest BCUT2D eigenvalue weighted by Crippen LogP contribution is 2.12. The molecule has 0 heterocycles. The predicted octanol–water partition coefficient (Wildman–Crippen LogP) is 1.24. The van der Waals surface area contributed by atoms with E-state index in [1.54, 1.807) is 31.3 Å². The lowest BCUT2D eigenvalue weighted by atomic mass is 10.4. The third-order valence-corrected chi connectivity index (χ3v) is 3.89. The molecule has 72 valence electrons. The minimum Gasteiger partial charge on any atom is -0.306 e. The minimum atomic E-state index is -3.14. The summed E-state index contributed by atoms with van der Waals surface area (Å²) in [5.41, 5.74) is 0. The molecule has 0 radical (unpaired) electrons. The zero-order valence-corrected chi connectivity index (χ0v) is 10.1. The lowest BCUT2D eigenvalue weighted by Crippen LogP contribution is -2.18. The maximum Gasteiger partial charge on any atom is 0.191 e. The number of benzene rings is 1. The van der Waals surface area contributed by atoms with E-state index in [4.69, 9.17) is 0 Å². The molecule has 13 heavy (non-hydrogen) atoms. The molecule has 3 nitrogen and oxygen atoms in total. The minimum absolute atomic E-state index is 0.0202. The highest BCUT2D eigenvalue weighted by molar-refractivity contribution is 14.1. The van der Waals surface area contributed by atoms with Gasteiger partial charge < -0.3 is 5.32 Å². The molecule has 1 aromatic carbocycles. The summed E-state index contributed by atoms with van der Waals surface area (Å²) in [6.07, 6.45) is 0. The van der Waals surface area contributed by atoms with E-state index >= 15 is 0 Å². The van der Waals surface area contributed by atoms with Gasteiger partial charge in [0.2, 0.25) is 0 Å². The number of rotatable bonds is 3. The molecule has 0 bridgehead atoms. The van der Waals surface area contributed by atoms with Gasteiger partial charge >= 0.3 is 0 Å². The first kappa shape index (κ1) is 10.9. The topological polar surface area (TPSA) is 46.2 Å². The first-order chi connectivity index (χ1) is 6.06. The molecule has 0 saturated carbocycles. The van der Waals surface area contributed by atoms with Gasteiger partial charge in [0.15, 0.2) is 9.84 Å². The monoisotopic (exact) mass is 311 g/mol. The Morgan fingerprint density at radius 3 is 2.31 bits per heavy atom. The lowest BCUT2D eigenvalue weighted by Gasteiger charge is -2.02. The van der Waals surface area contributed by atoms with Crippen molar-refractivity contribution in [2.45, 2.75) is 4.90 Å². The van der Waals surface area contributed by atoms with Crippen molar-refractivity contribution in [3.63, 3.8) is 0 Å². The standard InChI is InChI=1S/C8H10INO2S/c1-10-6-13(11,12)8-4-2-7(9)3-5-8/h2-5,10H,6H2,1H3. The summed E-state index contributed by atoms with van der Waals surface area (Å²) in [5, 5.41) is 2.63. The molecule has 5 heteroatoms. The molecule has 1 rings (SSSR count). The van der Waals surface area contributed by atoms with Gasteiger partial charge in [-0.15, -0.1) is 0 Å². The Labute approximate surface area is 91.6 Å². The van der Waals surface area contributed by atoms with Crippen molar-refractivity contribution in [1.82, 2.24) is 5.32 Å². The summed E-state index contributed by atoms with van der Waals surface area (Å²) in [6.45, 7) is 0. The number of nitrogens with one attached hydrogen (secondary N) is 1. The Morgan fingerprint density at radius 2 is 1.85 bits per heavy atom. The van der Waals surface area contributed by atoms with Gasteiger partial charge in [0, 0.05) is 3.57 Å². The molecule has 1 aromatic rings. The highest BCUT2D eigenvalue weighted by atomic mass is 127. The molecular formula is C8H10INO2S. The van der Waals surface area contributed by atoms with E-state index in [0.717, 1.165) is 3.57 Å². The molecule has 0 spiro atoms. The fourth-order valence-corrected chi connectivity index (χ4v) is 2.37. The van der Waals surface area contributed by atoms with Gasteiger partial charge in [0.1, 0.15) is 5.88 Å². The SMILES string of the molecule is CNCS(=O)(=O)c1ccc(I)cc1. The Balaban J connectivity index is 3.02. The fourth-order valence-electron chi connectivity index (χ4n) is 0.915. The van der Waals surface area contributed by atoms with Gasteiger partial charge in [-0.05, 0) is 53.9 Å². The van der Waals surface area contributed by atoms with Gasteiger partial charge in [-0.25, -0.2) is 8.42 Å². The summed E-state index contributed by atoms with van der Waals surface area (Å²) >= 11 is 2.14. The van der Waals surface area contributed by atoms with Crippen LogP contribution in [0.1, 0.15) is 0 Å². The quantitative estimate of drug-likeness (QED) is 0.855. The Morgan fingerprint density at radius 1 is 1.31 bits per heavy atom. The summed E-state index contributed by atoms with van der Waals surface area (Å²) in [7, 11) is -1.53. The van der Waals surface area contributed by atoms with Crippen LogP contribution in [0.25, 0.3) is 0 Å². The van der Waals surface area contributed by atoms with Crippen molar-refractivity contribution in [1.29, 1.82) is 0 Å². The molecule has 0 saturated heterocycles. The summed E-state index contributed by atoms with van der Waals surface area (Å²) < 4.78 is 24.0. The summed E-state index contributed by atoms with van der Waals surface area (Å²) in [5.74, 6) is -0.0202. The number of sulfone groups is 1. The molecule has 0 unspecified atom stereocenters. The first-order valence-electron chi connectivity index (χ1n) is 3.69. The van der Waals surface area contributed by atoms with Crippen molar-refractivity contribution in [2.24, 2.45) is 0 Å². The van der Waals surface area contributed by atoms with Gasteiger partial charge in [0.05, 0.1) is 4.90 Å². The Hall–Kier alpha value is -0.140. The molecule has 0 fully saturated rings. The molecule has 0 aliphatic carbocycles. The highest BCUT2D eigenvalue weighted by Gasteiger charge is 2.11. The molecular weight excluding hydrogens is 301 g/mol. The first-order valence-corrected chi connectivity index (χ1v) is 6.42. The largest absolute Gasteiger partial charge is 0.306 e. The molecule has 1 N–H and O–H groups in total. The van der Waals surface area contributed by atoms with Crippen LogP contribution in [0.2, 0.25) is 0 Å². The van der Waals surface area contributed by atoms with Crippen molar-refractivity contribution in [2.75, 3.05) is 12.9 Å². The van der Waals surface area contributed by atoms with Crippen LogP contribution in [0.15, 0.2) is 29.2 Å². The van der Waals surface area contributed by atoms with Crippen LogP contribution in [0.4, 0.5) is 0 Å². The smallest absolute Gasteiger partial charge is 0.191 e. The number of hydrogen-bond acceptors (Lipinski definition) is 3. The van der Waals surface area contributed by atoms with E-state index in [2.05, 4.69) is 27.9 Å². The third kappa shape index (κ3) is 2.92. The predicted molar refractivity (Wildman–Crippen MR) is 60.3 cm³/mol. The second-order valence-corrected chi connectivity index (χ2v) is 5.80. The second kappa shape index (κ2) is 4.39. The normalized spacial score (nSPS) is 11.5. The molecule has 0 aliphatic rings.